The van der Waals surface area contributed by atoms with Gasteiger partial charge in [0.25, 0.3) is 5.91 Å². The van der Waals surface area contributed by atoms with Gasteiger partial charge in [0.2, 0.25) is 0 Å². The normalized spacial score (nSPS) is 19.4. The molecule has 2 amide bonds. The lowest BCUT2D eigenvalue weighted by Crippen LogP contribution is -2.30. The topological polar surface area (TPSA) is 67.4 Å². The number of benzene rings is 2. The van der Waals surface area contributed by atoms with E-state index in [-0.39, 0.29) is 11.9 Å². The van der Waals surface area contributed by atoms with E-state index in [9.17, 15) is 9.59 Å². The van der Waals surface area contributed by atoms with E-state index in [2.05, 4.69) is 17.6 Å². The third kappa shape index (κ3) is 4.29. The van der Waals surface area contributed by atoms with E-state index in [0.29, 0.717) is 17.2 Å². The Hall–Kier alpha value is -2.56. The van der Waals surface area contributed by atoms with Crippen LogP contribution in [-0.4, -0.2) is 23.6 Å². The van der Waals surface area contributed by atoms with Crippen LogP contribution in [0.15, 0.2) is 36.4 Å². The van der Waals surface area contributed by atoms with Crippen LogP contribution in [0, 0.1) is 5.92 Å². The van der Waals surface area contributed by atoms with E-state index < -0.39 is 11.7 Å². The number of hydrogen-bond donors (Lipinski definition) is 2. The minimum Gasteiger partial charge on any atom is -0.444 e. The van der Waals surface area contributed by atoms with Crippen LogP contribution in [-0.2, 0) is 4.74 Å². The van der Waals surface area contributed by atoms with Crippen molar-refractivity contribution in [1.82, 2.24) is 5.32 Å². The zero-order valence-corrected chi connectivity index (χ0v) is 15.1. The van der Waals surface area contributed by atoms with Gasteiger partial charge < -0.3 is 10.1 Å². The number of rotatable bonds is 3. The molecule has 0 aromatic heterocycles. The van der Waals surface area contributed by atoms with Crippen molar-refractivity contribution in [2.45, 2.75) is 45.8 Å². The van der Waals surface area contributed by atoms with E-state index >= 15 is 0 Å². The number of ether oxygens (including phenoxy) is 1. The van der Waals surface area contributed by atoms with E-state index in [1.165, 1.54) is 0 Å². The standard InChI is InChI=1S/C20H24N2O3/c1-12-9-16(12)21-18(23)15-10-13-7-5-6-8-14(13)11-17(15)22-19(24)25-20(2,3)4/h5-8,10-12,16H,9H2,1-4H3,(H,21,23)(H,22,24). The first-order valence-corrected chi connectivity index (χ1v) is 8.56. The van der Waals surface area contributed by atoms with E-state index in [1.807, 2.05) is 36.4 Å². The molecule has 2 aromatic rings. The average Bonchev–Trinajstić information content (AvgIpc) is 3.19. The highest BCUT2D eigenvalue weighted by molar-refractivity contribution is 6.07. The SMILES string of the molecule is CC1CC1NC(=O)c1cc2ccccc2cc1NC(=O)OC(C)(C)C. The van der Waals surface area contributed by atoms with Crippen LogP contribution in [0.5, 0.6) is 0 Å². The number of fused-ring (bicyclic) bond motifs is 1. The van der Waals surface area contributed by atoms with Crippen LogP contribution in [0.3, 0.4) is 0 Å². The second-order valence-electron chi connectivity index (χ2n) is 7.66. The quantitative estimate of drug-likeness (QED) is 0.874. The van der Waals surface area contributed by atoms with E-state index in [4.69, 9.17) is 4.74 Å². The Morgan fingerprint density at radius 2 is 1.72 bits per heavy atom. The molecule has 0 aliphatic heterocycles. The van der Waals surface area contributed by atoms with Crippen LogP contribution in [0.4, 0.5) is 10.5 Å². The van der Waals surface area contributed by atoms with Crippen LogP contribution in [0.1, 0.15) is 44.5 Å². The minimum atomic E-state index is -0.604. The number of amides is 2. The number of hydrogen-bond acceptors (Lipinski definition) is 3. The van der Waals surface area contributed by atoms with Crippen molar-refractivity contribution in [3.8, 4) is 0 Å². The molecule has 3 rings (SSSR count). The molecule has 0 spiro atoms. The lowest BCUT2D eigenvalue weighted by atomic mass is 10.0. The third-order valence-electron chi connectivity index (χ3n) is 4.19. The molecule has 2 atom stereocenters. The molecular weight excluding hydrogens is 316 g/mol. The summed E-state index contributed by atoms with van der Waals surface area (Å²) in [6.07, 6.45) is 0.422. The maximum absolute atomic E-state index is 12.7. The molecule has 1 fully saturated rings. The fourth-order valence-corrected chi connectivity index (χ4v) is 2.71. The highest BCUT2D eigenvalue weighted by Crippen LogP contribution is 2.31. The molecular formula is C20H24N2O3. The summed E-state index contributed by atoms with van der Waals surface area (Å²) in [6.45, 7) is 7.50. The molecule has 0 heterocycles. The summed E-state index contributed by atoms with van der Waals surface area (Å²) in [7, 11) is 0. The molecule has 2 N–H and O–H groups in total. The van der Waals surface area contributed by atoms with Crippen LogP contribution in [0.2, 0.25) is 0 Å². The van der Waals surface area contributed by atoms with Crippen LogP contribution >= 0.6 is 0 Å². The number of anilines is 1. The van der Waals surface area contributed by atoms with E-state index in [0.717, 1.165) is 17.2 Å². The molecule has 0 radical (unpaired) electrons. The summed E-state index contributed by atoms with van der Waals surface area (Å²) >= 11 is 0. The monoisotopic (exact) mass is 340 g/mol. The molecule has 1 saturated carbocycles. The molecule has 1 aliphatic rings. The first-order valence-electron chi connectivity index (χ1n) is 8.56. The van der Waals surface area contributed by atoms with Gasteiger partial charge in [0.05, 0.1) is 11.3 Å². The minimum absolute atomic E-state index is 0.175. The van der Waals surface area contributed by atoms with Crippen LogP contribution in [0.25, 0.3) is 10.8 Å². The largest absolute Gasteiger partial charge is 0.444 e. The lowest BCUT2D eigenvalue weighted by Gasteiger charge is -2.20. The second-order valence-corrected chi connectivity index (χ2v) is 7.66. The third-order valence-corrected chi connectivity index (χ3v) is 4.19. The van der Waals surface area contributed by atoms with Crippen molar-refractivity contribution in [3.63, 3.8) is 0 Å². The van der Waals surface area contributed by atoms with Gasteiger partial charge in [-0.2, -0.15) is 0 Å². The van der Waals surface area contributed by atoms with Gasteiger partial charge in [0, 0.05) is 6.04 Å². The smallest absolute Gasteiger partial charge is 0.412 e. The molecule has 1 aliphatic carbocycles. The summed E-state index contributed by atoms with van der Waals surface area (Å²) < 4.78 is 5.32. The van der Waals surface area contributed by atoms with Gasteiger partial charge in [-0.05, 0) is 56.0 Å². The molecule has 0 saturated heterocycles. The maximum Gasteiger partial charge on any atom is 0.412 e. The summed E-state index contributed by atoms with van der Waals surface area (Å²) in [5.41, 5.74) is 0.301. The van der Waals surface area contributed by atoms with Crippen molar-refractivity contribution in [3.05, 3.63) is 42.0 Å². The summed E-state index contributed by atoms with van der Waals surface area (Å²) in [6, 6.07) is 11.6. The fraction of sp³-hybridized carbons (Fsp3) is 0.400. The van der Waals surface area contributed by atoms with Crippen molar-refractivity contribution < 1.29 is 14.3 Å². The molecule has 2 unspecified atom stereocenters. The number of nitrogens with one attached hydrogen (secondary N) is 2. The molecule has 5 nitrogen and oxygen atoms in total. The average molecular weight is 340 g/mol. The number of carbonyl (C=O) groups is 2. The van der Waals surface area contributed by atoms with E-state index in [1.54, 1.807) is 20.8 Å². The first kappa shape index (κ1) is 17.3. The highest BCUT2D eigenvalue weighted by atomic mass is 16.6. The number of carbonyl (C=O) groups excluding carboxylic acids is 2. The summed E-state index contributed by atoms with van der Waals surface area (Å²) in [5.74, 6) is 0.331. The Balaban J connectivity index is 1.91. The molecule has 0 bridgehead atoms. The summed E-state index contributed by atoms with van der Waals surface area (Å²) in [4.78, 5) is 24.8. The molecule has 5 heteroatoms. The molecule has 25 heavy (non-hydrogen) atoms. The van der Waals surface area contributed by atoms with Crippen molar-refractivity contribution >= 4 is 28.5 Å². The Kier molecular flexibility index (Phi) is 4.41. The highest BCUT2D eigenvalue weighted by Gasteiger charge is 2.34. The Labute approximate surface area is 147 Å². The fourth-order valence-electron chi connectivity index (χ4n) is 2.71. The zero-order chi connectivity index (χ0) is 18.2. The van der Waals surface area contributed by atoms with Gasteiger partial charge in [0.1, 0.15) is 5.60 Å². The Morgan fingerprint density at radius 1 is 1.12 bits per heavy atom. The van der Waals surface area contributed by atoms with Gasteiger partial charge in [0.15, 0.2) is 0 Å². The zero-order valence-electron chi connectivity index (χ0n) is 15.1. The van der Waals surface area contributed by atoms with Gasteiger partial charge in [-0.25, -0.2) is 4.79 Å². The molecule has 132 valence electrons. The van der Waals surface area contributed by atoms with Crippen molar-refractivity contribution in [2.75, 3.05) is 5.32 Å². The van der Waals surface area contributed by atoms with Crippen LogP contribution < -0.4 is 10.6 Å². The molecule has 2 aromatic carbocycles. The first-order chi connectivity index (χ1) is 11.7. The summed E-state index contributed by atoms with van der Waals surface area (Å²) in [5, 5.41) is 7.64. The maximum atomic E-state index is 12.7. The van der Waals surface area contributed by atoms with Gasteiger partial charge >= 0.3 is 6.09 Å². The van der Waals surface area contributed by atoms with Gasteiger partial charge in [-0.3, -0.25) is 10.1 Å². The lowest BCUT2D eigenvalue weighted by molar-refractivity contribution is 0.0636. The van der Waals surface area contributed by atoms with Crippen molar-refractivity contribution in [2.24, 2.45) is 5.92 Å². The second kappa shape index (κ2) is 6.39. The predicted octanol–water partition coefficient (Wildman–Crippen LogP) is 4.33. The Morgan fingerprint density at radius 3 is 2.28 bits per heavy atom. The Bertz CT molecular complexity index is 823. The van der Waals surface area contributed by atoms with Crippen molar-refractivity contribution in [1.29, 1.82) is 0 Å². The van der Waals surface area contributed by atoms with Gasteiger partial charge in [-0.1, -0.05) is 31.2 Å². The van der Waals surface area contributed by atoms with Gasteiger partial charge in [-0.15, -0.1) is 0 Å². The predicted molar refractivity (Wildman–Crippen MR) is 98.8 cm³/mol.